The highest BCUT2D eigenvalue weighted by atomic mass is 16.7. The topological polar surface area (TPSA) is 104 Å². The van der Waals surface area contributed by atoms with Crippen LogP contribution in [0.4, 0.5) is 11.4 Å². The van der Waals surface area contributed by atoms with E-state index in [0.29, 0.717) is 29.3 Å². The number of imide groups is 1. The summed E-state index contributed by atoms with van der Waals surface area (Å²) in [6.07, 6.45) is -0.193. The normalized spacial score (nSPS) is 19.9. The molecule has 0 bridgehead atoms. The van der Waals surface area contributed by atoms with Crippen molar-refractivity contribution in [2.24, 2.45) is 5.92 Å². The first-order chi connectivity index (χ1) is 19.4. The lowest BCUT2D eigenvalue weighted by Crippen LogP contribution is -2.37. The van der Waals surface area contributed by atoms with Gasteiger partial charge in [0.25, 0.3) is 5.91 Å². The fourth-order valence-electron chi connectivity index (χ4n) is 5.03. The van der Waals surface area contributed by atoms with Gasteiger partial charge in [0.05, 0.1) is 38.2 Å². The Labute approximate surface area is 231 Å². The van der Waals surface area contributed by atoms with Crippen LogP contribution in [0.1, 0.15) is 31.9 Å². The van der Waals surface area contributed by atoms with E-state index in [-0.39, 0.29) is 17.2 Å². The van der Waals surface area contributed by atoms with Crippen molar-refractivity contribution in [3.8, 4) is 23.0 Å². The molecule has 3 atom stereocenters. The molecule has 5 rings (SSSR count). The van der Waals surface area contributed by atoms with Crippen molar-refractivity contribution in [2.75, 3.05) is 30.8 Å². The lowest BCUT2D eigenvalue weighted by atomic mass is 9.90. The van der Waals surface area contributed by atoms with Crippen LogP contribution in [0.25, 0.3) is 0 Å². The summed E-state index contributed by atoms with van der Waals surface area (Å²) in [6, 6.07) is 18.6. The number of carbonyl (C=O) groups excluding carboxylic acids is 3. The average Bonchev–Trinajstić information content (AvgIpc) is 3.48. The molecule has 3 aromatic rings. The molecule has 2 saturated heterocycles. The van der Waals surface area contributed by atoms with Gasteiger partial charge < -0.3 is 18.9 Å². The maximum Gasteiger partial charge on any atom is 0.308 e. The summed E-state index contributed by atoms with van der Waals surface area (Å²) in [6.45, 7) is 3.86. The Kier molecular flexibility index (Phi) is 7.61. The zero-order valence-electron chi connectivity index (χ0n) is 22.7. The summed E-state index contributed by atoms with van der Waals surface area (Å²) in [4.78, 5) is 46.7. The van der Waals surface area contributed by atoms with Gasteiger partial charge >= 0.3 is 5.97 Å². The number of hydrogen-bond donors (Lipinski definition) is 0. The number of para-hydroxylation sites is 1. The predicted molar refractivity (Wildman–Crippen MR) is 146 cm³/mol. The first-order valence-corrected chi connectivity index (χ1v) is 12.9. The molecule has 10 nitrogen and oxygen atoms in total. The number of methoxy groups -OCH3 is 2. The Bertz CT molecular complexity index is 1380. The van der Waals surface area contributed by atoms with E-state index in [1.807, 2.05) is 37.3 Å². The SMILES string of the molecule is CCCOc1ccc(N2C(=O)[C@@H]3[C@@H](ON(c4ccccc4)[C@H]3c3cc(OC)c(OC(C)=O)c(OC)c3)C2=O)cc1. The molecule has 10 heteroatoms. The number of fused-ring (bicyclic) bond motifs is 1. The van der Waals surface area contributed by atoms with Crippen LogP contribution in [0, 0.1) is 5.92 Å². The second-order valence-corrected chi connectivity index (χ2v) is 9.36. The lowest BCUT2D eigenvalue weighted by Gasteiger charge is -2.29. The van der Waals surface area contributed by atoms with Gasteiger partial charge in [-0.3, -0.25) is 19.2 Å². The van der Waals surface area contributed by atoms with Gasteiger partial charge in [-0.1, -0.05) is 25.1 Å². The highest BCUT2D eigenvalue weighted by Crippen LogP contribution is 2.50. The molecule has 40 heavy (non-hydrogen) atoms. The van der Waals surface area contributed by atoms with Crippen LogP contribution in [0.15, 0.2) is 66.7 Å². The van der Waals surface area contributed by atoms with Crippen molar-refractivity contribution in [3.05, 3.63) is 72.3 Å². The maximum absolute atomic E-state index is 14.0. The summed E-state index contributed by atoms with van der Waals surface area (Å²) >= 11 is 0. The van der Waals surface area contributed by atoms with E-state index in [2.05, 4.69) is 0 Å². The minimum absolute atomic E-state index is 0.115. The summed E-state index contributed by atoms with van der Waals surface area (Å²) in [7, 11) is 2.88. The molecular weight excluding hydrogens is 516 g/mol. The Morgan fingerprint density at radius 3 is 2.12 bits per heavy atom. The summed E-state index contributed by atoms with van der Waals surface area (Å²) in [5.74, 6) is -1.05. The van der Waals surface area contributed by atoms with Gasteiger partial charge in [-0.05, 0) is 60.5 Å². The second-order valence-electron chi connectivity index (χ2n) is 9.36. The van der Waals surface area contributed by atoms with E-state index < -0.39 is 35.8 Å². The van der Waals surface area contributed by atoms with Crippen LogP contribution in [-0.2, 0) is 19.2 Å². The average molecular weight is 547 g/mol. The van der Waals surface area contributed by atoms with Crippen LogP contribution in [0.2, 0.25) is 0 Å². The van der Waals surface area contributed by atoms with Crippen molar-refractivity contribution in [1.29, 1.82) is 0 Å². The van der Waals surface area contributed by atoms with Crippen LogP contribution >= 0.6 is 0 Å². The van der Waals surface area contributed by atoms with Gasteiger partial charge in [-0.25, -0.2) is 9.96 Å². The molecule has 3 aromatic carbocycles. The number of amides is 2. The van der Waals surface area contributed by atoms with Crippen LogP contribution in [0.5, 0.6) is 23.0 Å². The number of rotatable bonds is 9. The van der Waals surface area contributed by atoms with Crippen molar-refractivity contribution in [1.82, 2.24) is 0 Å². The van der Waals surface area contributed by atoms with E-state index in [1.54, 1.807) is 41.5 Å². The number of ether oxygens (including phenoxy) is 4. The molecule has 0 aromatic heterocycles. The molecule has 0 N–H and O–H groups in total. The number of carbonyl (C=O) groups is 3. The molecular formula is C30H30N2O8. The number of esters is 1. The highest BCUT2D eigenvalue weighted by molar-refractivity contribution is 6.24. The van der Waals surface area contributed by atoms with Crippen molar-refractivity contribution >= 4 is 29.2 Å². The molecule has 208 valence electrons. The van der Waals surface area contributed by atoms with Crippen LogP contribution < -0.4 is 28.9 Å². The third-order valence-electron chi connectivity index (χ3n) is 6.76. The third-order valence-corrected chi connectivity index (χ3v) is 6.76. The molecule has 2 aliphatic heterocycles. The molecule has 2 amide bonds. The van der Waals surface area contributed by atoms with Crippen molar-refractivity contribution < 1.29 is 38.2 Å². The van der Waals surface area contributed by atoms with Gasteiger partial charge in [-0.15, -0.1) is 0 Å². The summed E-state index contributed by atoms with van der Waals surface area (Å²) in [5.41, 5.74) is 1.67. The molecule has 0 saturated carbocycles. The van der Waals surface area contributed by atoms with E-state index >= 15 is 0 Å². The smallest absolute Gasteiger partial charge is 0.308 e. The predicted octanol–water partition coefficient (Wildman–Crippen LogP) is 4.47. The van der Waals surface area contributed by atoms with Gasteiger partial charge in [0.2, 0.25) is 11.7 Å². The fraction of sp³-hybridized carbons (Fsp3) is 0.300. The van der Waals surface area contributed by atoms with Crippen LogP contribution in [0.3, 0.4) is 0 Å². The third kappa shape index (κ3) is 4.82. The number of hydroxylamine groups is 1. The van der Waals surface area contributed by atoms with Gasteiger partial charge in [0.15, 0.2) is 17.6 Å². The van der Waals surface area contributed by atoms with E-state index in [1.165, 1.54) is 21.1 Å². The standard InChI is InChI=1S/C30H30N2O8/c1-5-15-38-22-13-11-20(12-14-22)31-29(34)25-26(32(40-28(25)30(31)35)21-9-7-6-8-10-21)19-16-23(36-3)27(39-18(2)33)24(17-19)37-4/h6-14,16-17,25-26,28H,5,15H2,1-4H3/t25-,26-,28+/m0/s1. The van der Waals surface area contributed by atoms with E-state index in [4.69, 9.17) is 23.8 Å². The minimum Gasteiger partial charge on any atom is -0.494 e. The number of benzene rings is 3. The zero-order chi connectivity index (χ0) is 28.4. The number of hydrogen-bond acceptors (Lipinski definition) is 9. The van der Waals surface area contributed by atoms with Crippen molar-refractivity contribution in [2.45, 2.75) is 32.4 Å². The highest BCUT2D eigenvalue weighted by Gasteiger charge is 2.60. The summed E-state index contributed by atoms with van der Waals surface area (Å²) in [5, 5.41) is 1.57. The Balaban J connectivity index is 1.57. The molecule has 0 aliphatic carbocycles. The molecule has 2 fully saturated rings. The van der Waals surface area contributed by atoms with Crippen molar-refractivity contribution in [3.63, 3.8) is 0 Å². The first kappa shape index (κ1) is 27.0. The number of anilines is 2. The fourth-order valence-corrected chi connectivity index (χ4v) is 5.03. The van der Waals surface area contributed by atoms with Gasteiger partial charge in [-0.2, -0.15) is 0 Å². The number of nitrogens with zero attached hydrogens (tertiary/aromatic N) is 2. The first-order valence-electron chi connectivity index (χ1n) is 12.9. The Morgan fingerprint density at radius 2 is 1.55 bits per heavy atom. The quantitative estimate of drug-likeness (QED) is 0.218. The minimum atomic E-state index is -1.06. The Hall–Kier alpha value is -4.57. The van der Waals surface area contributed by atoms with Gasteiger partial charge in [0, 0.05) is 6.92 Å². The Morgan fingerprint density at radius 1 is 0.900 bits per heavy atom. The summed E-state index contributed by atoms with van der Waals surface area (Å²) < 4.78 is 22.0. The molecule has 0 spiro atoms. The van der Waals surface area contributed by atoms with E-state index in [9.17, 15) is 14.4 Å². The molecule has 0 radical (unpaired) electrons. The maximum atomic E-state index is 14.0. The van der Waals surface area contributed by atoms with Crippen LogP contribution in [-0.4, -0.2) is 44.7 Å². The lowest BCUT2D eigenvalue weighted by molar-refractivity contribution is -0.132. The molecule has 0 unspecified atom stereocenters. The molecule has 2 aliphatic rings. The second kappa shape index (κ2) is 11.3. The monoisotopic (exact) mass is 546 g/mol. The van der Waals surface area contributed by atoms with E-state index in [0.717, 1.165) is 11.3 Å². The zero-order valence-corrected chi connectivity index (χ0v) is 22.7. The molecule has 2 heterocycles. The largest absolute Gasteiger partial charge is 0.494 e. The van der Waals surface area contributed by atoms with Gasteiger partial charge in [0.1, 0.15) is 11.7 Å².